The van der Waals surface area contributed by atoms with Crippen LogP contribution in [0.1, 0.15) is 38.7 Å². The summed E-state index contributed by atoms with van der Waals surface area (Å²) in [6.45, 7) is 5.88. The second kappa shape index (κ2) is 8.33. The number of sulfonamides is 1. The minimum atomic E-state index is -3.76. The zero-order valence-electron chi connectivity index (χ0n) is 15.1. The molecule has 3 N–H and O–H groups in total. The molecular formula is C19H24N2O4S. The number of nitrogens with one attached hydrogen (secondary N) is 1. The van der Waals surface area contributed by atoms with E-state index in [0.29, 0.717) is 17.4 Å². The Labute approximate surface area is 154 Å². The van der Waals surface area contributed by atoms with Gasteiger partial charge < -0.3 is 10.1 Å². The summed E-state index contributed by atoms with van der Waals surface area (Å²) in [6, 6.07) is 13.3. The van der Waals surface area contributed by atoms with Crippen molar-refractivity contribution >= 4 is 21.6 Å². The molecule has 0 aliphatic carbocycles. The number of para-hydroxylation sites is 1. The molecular weight excluding hydrogens is 352 g/mol. The van der Waals surface area contributed by atoms with E-state index < -0.39 is 16.1 Å². The maximum atomic E-state index is 12.4. The summed E-state index contributed by atoms with van der Waals surface area (Å²) in [5.74, 6) is 0.689. The normalized spacial score (nSPS) is 13.7. The molecule has 0 spiro atoms. The smallest absolute Gasteiger partial charge is 0.265 e. The molecule has 6 nitrogen and oxygen atoms in total. The minimum Gasteiger partial charge on any atom is -0.481 e. The van der Waals surface area contributed by atoms with Crippen LogP contribution in [0, 0.1) is 0 Å². The zero-order chi connectivity index (χ0) is 19.3. The van der Waals surface area contributed by atoms with E-state index in [1.165, 1.54) is 24.3 Å². The fourth-order valence-corrected chi connectivity index (χ4v) is 2.95. The van der Waals surface area contributed by atoms with E-state index in [2.05, 4.69) is 19.2 Å². The number of hydrogen-bond donors (Lipinski definition) is 2. The average Bonchev–Trinajstić information content (AvgIpc) is 2.61. The van der Waals surface area contributed by atoms with E-state index in [-0.39, 0.29) is 10.8 Å². The first-order chi connectivity index (χ1) is 12.2. The molecule has 2 atom stereocenters. The van der Waals surface area contributed by atoms with Crippen molar-refractivity contribution in [3.05, 3.63) is 54.1 Å². The summed E-state index contributed by atoms with van der Waals surface area (Å²) in [4.78, 5) is 12.4. The minimum absolute atomic E-state index is 0.0118. The van der Waals surface area contributed by atoms with Gasteiger partial charge in [-0.2, -0.15) is 0 Å². The maximum Gasteiger partial charge on any atom is 0.265 e. The van der Waals surface area contributed by atoms with Gasteiger partial charge in [-0.1, -0.05) is 32.0 Å². The van der Waals surface area contributed by atoms with Gasteiger partial charge in [-0.25, -0.2) is 13.6 Å². The maximum absolute atomic E-state index is 12.4. The number of benzene rings is 2. The number of ether oxygens (including phenoxy) is 1. The SMILES string of the molecule is CCC(C)c1ccccc1OC(C)C(=O)Nc1ccc(S(N)(=O)=O)cc1. The molecule has 0 fully saturated rings. The van der Waals surface area contributed by atoms with Gasteiger partial charge in [-0.3, -0.25) is 4.79 Å². The highest BCUT2D eigenvalue weighted by atomic mass is 32.2. The Morgan fingerprint density at radius 1 is 1.12 bits per heavy atom. The van der Waals surface area contributed by atoms with Gasteiger partial charge in [-0.05, 0) is 55.2 Å². The molecule has 0 bridgehead atoms. The Balaban J connectivity index is 2.07. The van der Waals surface area contributed by atoms with Gasteiger partial charge in [0.05, 0.1) is 4.90 Å². The van der Waals surface area contributed by atoms with Gasteiger partial charge in [0.15, 0.2) is 6.10 Å². The molecule has 0 radical (unpaired) electrons. The van der Waals surface area contributed by atoms with Crippen LogP contribution in [-0.4, -0.2) is 20.4 Å². The van der Waals surface area contributed by atoms with Crippen LogP contribution in [0.2, 0.25) is 0 Å². The van der Waals surface area contributed by atoms with Gasteiger partial charge in [0.2, 0.25) is 10.0 Å². The lowest BCUT2D eigenvalue weighted by Crippen LogP contribution is -2.30. The Hall–Kier alpha value is -2.38. The summed E-state index contributed by atoms with van der Waals surface area (Å²) in [5, 5.41) is 7.76. The topological polar surface area (TPSA) is 98.5 Å². The van der Waals surface area contributed by atoms with Crippen molar-refractivity contribution in [2.75, 3.05) is 5.32 Å². The first kappa shape index (κ1) is 19.9. The quantitative estimate of drug-likeness (QED) is 0.775. The van der Waals surface area contributed by atoms with Crippen LogP contribution >= 0.6 is 0 Å². The average molecular weight is 376 g/mol. The van der Waals surface area contributed by atoms with Crippen LogP contribution in [0.25, 0.3) is 0 Å². The molecule has 7 heteroatoms. The first-order valence-electron chi connectivity index (χ1n) is 8.41. The highest BCUT2D eigenvalue weighted by Crippen LogP contribution is 2.29. The number of anilines is 1. The highest BCUT2D eigenvalue weighted by Gasteiger charge is 2.18. The number of hydrogen-bond acceptors (Lipinski definition) is 4. The molecule has 1 amide bonds. The third-order valence-corrected chi connectivity index (χ3v) is 5.11. The van der Waals surface area contributed by atoms with E-state index in [1.54, 1.807) is 6.92 Å². The Morgan fingerprint density at radius 3 is 2.31 bits per heavy atom. The van der Waals surface area contributed by atoms with Crippen LogP contribution in [0.3, 0.4) is 0 Å². The second-order valence-corrected chi connectivity index (χ2v) is 7.73. The molecule has 2 unspecified atom stereocenters. The molecule has 140 valence electrons. The van der Waals surface area contributed by atoms with Crippen LogP contribution in [0.4, 0.5) is 5.69 Å². The second-order valence-electron chi connectivity index (χ2n) is 6.17. The Bertz CT molecular complexity index is 863. The van der Waals surface area contributed by atoms with Gasteiger partial charge in [0.25, 0.3) is 5.91 Å². The molecule has 2 aromatic carbocycles. The van der Waals surface area contributed by atoms with Crippen molar-refractivity contribution in [2.24, 2.45) is 5.14 Å². The third kappa shape index (κ3) is 5.06. The number of carbonyl (C=O) groups excluding carboxylic acids is 1. The summed E-state index contributed by atoms with van der Waals surface area (Å²) < 4.78 is 28.4. The van der Waals surface area contributed by atoms with Crippen LogP contribution < -0.4 is 15.2 Å². The summed E-state index contributed by atoms with van der Waals surface area (Å²) in [7, 11) is -3.76. The van der Waals surface area contributed by atoms with Crippen LogP contribution in [0.15, 0.2) is 53.4 Å². The summed E-state index contributed by atoms with van der Waals surface area (Å²) in [5.41, 5.74) is 1.53. The third-order valence-electron chi connectivity index (χ3n) is 4.19. The van der Waals surface area contributed by atoms with Crippen molar-refractivity contribution in [1.29, 1.82) is 0 Å². The standard InChI is InChI=1S/C19H24N2O4S/c1-4-13(2)17-7-5-6-8-18(17)25-14(3)19(22)21-15-9-11-16(12-10-15)26(20,23)24/h5-14H,4H2,1-3H3,(H,21,22)(H2,20,23,24). The molecule has 0 saturated heterocycles. The van der Waals surface area contributed by atoms with Crippen LogP contribution in [-0.2, 0) is 14.8 Å². The molecule has 0 aliphatic heterocycles. The van der Waals surface area contributed by atoms with Gasteiger partial charge in [0.1, 0.15) is 5.75 Å². The predicted octanol–water partition coefficient (Wildman–Crippen LogP) is 3.25. The first-order valence-corrected chi connectivity index (χ1v) is 9.96. The molecule has 0 aliphatic rings. The largest absolute Gasteiger partial charge is 0.481 e. The van der Waals surface area contributed by atoms with E-state index >= 15 is 0 Å². The number of rotatable bonds is 7. The summed E-state index contributed by atoms with van der Waals surface area (Å²) in [6.07, 6.45) is 0.260. The lowest BCUT2D eigenvalue weighted by Gasteiger charge is -2.19. The van der Waals surface area contributed by atoms with E-state index in [0.717, 1.165) is 12.0 Å². The Kier molecular flexibility index (Phi) is 6.39. The lowest BCUT2D eigenvalue weighted by molar-refractivity contribution is -0.122. The summed E-state index contributed by atoms with van der Waals surface area (Å²) >= 11 is 0. The van der Waals surface area contributed by atoms with E-state index in [1.807, 2.05) is 24.3 Å². The van der Waals surface area contributed by atoms with Crippen molar-refractivity contribution < 1.29 is 17.9 Å². The Morgan fingerprint density at radius 2 is 1.73 bits per heavy atom. The van der Waals surface area contributed by atoms with Gasteiger partial charge >= 0.3 is 0 Å². The molecule has 2 aromatic rings. The van der Waals surface area contributed by atoms with Crippen LogP contribution in [0.5, 0.6) is 5.75 Å². The molecule has 0 aromatic heterocycles. The van der Waals surface area contributed by atoms with Crippen molar-refractivity contribution in [3.8, 4) is 5.75 Å². The number of amides is 1. The van der Waals surface area contributed by atoms with Crippen molar-refractivity contribution in [2.45, 2.75) is 44.1 Å². The predicted molar refractivity (Wildman–Crippen MR) is 102 cm³/mol. The number of carbonyl (C=O) groups is 1. The zero-order valence-corrected chi connectivity index (χ0v) is 15.9. The highest BCUT2D eigenvalue weighted by molar-refractivity contribution is 7.89. The van der Waals surface area contributed by atoms with Crippen molar-refractivity contribution in [3.63, 3.8) is 0 Å². The van der Waals surface area contributed by atoms with E-state index in [4.69, 9.17) is 9.88 Å². The molecule has 0 saturated carbocycles. The molecule has 26 heavy (non-hydrogen) atoms. The van der Waals surface area contributed by atoms with Gasteiger partial charge in [-0.15, -0.1) is 0 Å². The fraction of sp³-hybridized carbons (Fsp3) is 0.316. The van der Waals surface area contributed by atoms with Gasteiger partial charge in [0, 0.05) is 5.69 Å². The van der Waals surface area contributed by atoms with E-state index in [9.17, 15) is 13.2 Å². The fourth-order valence-electron chi connectivity index (χ4n) is 2.43. The van der Waals surface area contributed by atoms with Crippen molar-refractivity contribution in [1.82, 2.24) is 0 Å². The monoisotopic (exact) mass is 376 g/mol. The number of primary sulfonamides is 1. The molecule has 2 rings (SSSR count). The molecule has 0 heterocycles. The number of nitrogens with two attached hydrogens (primary N) is 1. The lowest BCUT2D eigenvalue weighted by atomic mass is 9.98.